The number of hydrogen-bond donors (Lipinski definition) is 0. The fraction of sp³-hybridized carbons (Fsp3) is 0.167. The Bertz CT molecular complexity index is 493. The molecule has 1 heterocycles. The van der Waals surface area contributed by atoms with Gasteiger partial charge in [-0.15, -0.1) is 11.3 Å². The maximum Gasteiger partial charge on any atom is 0.153 e. The topological polar surface area (TPSA) is 39.2 Å². The summed E-state index contributed by atoms with van der Waals surface area (Å²) in [7, 11) is 0. The molecule has 0 N–H and O–H groups in total. The molecule has 0 aliphatic heterocycles. The van der Waals surface area contributed by atoms with Crippen LogP contribution in [-0.4, -0.2) is 11.3 Å². The van der Waals surface area contributed by atoms with Crippen LogP contribution in [0.2, 0.25) is 0 Å². The predicted octanol–water partition coefficient (Wildman–Crippen LogP) is 2.84. The standard InChI is InChI=1S/C12H11NO2S/c1-9-13-11(8-16-9)7-15-12-5-3-2-4-10(12)6-14/h2-6,8H,7H2,1H3. The molecule has 0 atom stereocenters. The van der Waals surface area contributed by atoms with Crippen LogP contribution >= 0.6 is 11.3 Å². The molecule has 0 aliphatic carbocycles. The minimum Gasteiger partial charge on any atom is -0.487 e. The van der Waals surface area contributed by atoms with Crippen molar-refractivity contribution in [1.29, 1.82) is 0 Å². The first-order chi connectivity index (χ1) is 7.79. The summed E-state index contributed by atoms with van der Waals surface area (Å²) < 4.78 is 5.54. The number of para-hydroxylation sites is 1. The summed E-state index contributed by atoms with van der Waals surface area (Å²) in [6.45, 7) is 2.35. The quantitative estimate of drug-likeness (QED) is 0.762. The van der Waals surface area contributed by atoms with Crippen molar-refractivity contribution >= 4 is 17.6 Å². The van der Waals surface area contributed by atoms with E-state index in [-0.39, 0.29) is 0 Å². The van der Waals surface area contributed by atoms with Gasteiger partial charge in [0.2, 0.25) is 0 Å². The largest absolute Gasteiger partial charge is 0.487 e. The highest BCUT2D eigenvalue weighted by molar-refractivity contribution is 7.09. The normalized spacial score (nSPS) is 10.1. The zero-order valence-electron chi connectivity index (χ0n) is 8.84. The van der Waals surface area contributed by atoms with Gasteiger partial charge in [-0.2, -0.15) is 0 Å². The lowest BCUT2D eigenvalue weighted by molar-refractivity contribution is 0.111. The number of aldehydes is 1. The highest BCUT2D eigenvalue weighted by atomic mass is 32.1. The summed E-state index contributed by atoms with van der Waals surface area (Å²) in [4.78, 5) is 15.0. The number of carbonyl (C=O) groups excluding carboxylic acids is 1. The van der Waals surface area contributed by atoms with E-state index < -0.39 is 0 Å². The molecule has 0 fully saturated rings. The summed E-state index contributed by atoms with van der Waals surface area (Å²) in [5.74, 6) is 0.600. The molecule has 3 nitrogen and oxygen atoms in total. The van der Waals surface area contributed by atoms with Gasteiger partial charge in [0.15, 0.2) is 6.29 Å². The van der Waals surface area contributed by atoms with E-state index in [0.29, 0.717) is 17.9 Å². The fourth-order valence-corrected chi connectivity index (χ4v) is 1.93. The van der Waals surface area contributed by atoms with Crippen LogP contribution in [0.4, 0.5) is 0 Å². The molecule has 0 bridgehead atoms. The Morgan fingerprint density at radius 3 is 2.94 bits per heavy atom. The minimum atomic E-state index is 0.398. The molecule has 0 unspecified atom stereocenters. The molecule has 16 heavy (non-hydrogen) atoms. The van der Waals surface area contributed by atoms with E-state index in [9.17, 15) is 4.79 Å². The van der Waals surface area contributed by atoms with Gasteiger partial charge in [0.1, 0.15) is 12.4 Å². The molecule has 0 aliphatic rings. The average molecular weight is 233 g/mol. The van der Waals surface area contributed by atoms with Crippen LogP contribution in [0.5, 0.6) is 5.75 Å². The van der Waals surface area contributed by atoms with E-state index in [1.165, 1.54) is 0 Å². The Morgan fingerprint density at radius 1 is 1.44 bits per heavy atom. The maximum absolute atomic E-state index is 10.7. The minimum absolute atomic E-state index is 0.398. The Morgan fingerprint density at radius 2 is 2.25 bits per heavy atom. The molecular formula is C12H11NO2S. The maximum atomic E-state index is 10.7. The van der Waals surface area contributed by atoms with E-state index in [1.807, 2.05) is 24.4 Å². The van der Waals surface area contributed by atoms with Crippen molar-refractivity contribution in [3.63, 3.8) is 0 Å². The van der Waals surface area contributed by atoms with Gasteiger partial charge in [-0.25, -0.2) is 4.98 Å². The monoisotopic (exact) mass is 233 g/mol. The first kappa shape index (κ1) is 10.8. The smallest absolute Gasteiger partial charge is 0.153 e. The van der Waals surface area contributed by atoms with Crippen molar-refractivity contribution in [2.45, 2.75) is 13.5 Å². The second-order valence-electron chi connectivity index (χ2n) is 3.30. The molecule has 0 saturated carbocycles. The number of ether oxygens (including phenoxy) is 1. The summed E-state index contributed by atoms with van der Waals surface area (Å²) >= 11 is 1.59. The zero-order valence-corrected chi connectivity index (χ0v) is 9.66. The van der Waals surface area contributed by atoms with Crippen LogP contribution < -0.4 is 4.74 Å². The second-order valence-corrected chi connectivity index (χ2v) is 4.36. The van der Waals surface area contributed by atoms with E-state index in [1.54, 1.807) is 23.5 Å². The van der Waals surface area contributed by atoms with Crippen molar-refractivity contribution in [2.24, 2.45) is 0 Å². The second kappa shape index (κ2) is 4.90. The predicted molar refractivity (Wildman–Crippen MR) is 63.0 cm³/mol. The lowest BCUT2D eigenvalue weighted by atomic mass is 10.2. The Kier molecular flexibility index (Phi) is 3.31. The third-order valence-corrected chi connectivity index (χ3v) is 2.91. The molecular weight excluding hydrogens is 222 g/mol. The fourth-order valence-electron chi connectivity index (χ4n) is 1.34. The summed E-state index contributed by atoms with van der Waals surface area (Å²) in [6.07, 6.45) is 0.793. The molecule has 0 radical (unpaired) electrons. The highest BCUT2D eigenvalue weighted by Crippen LogP contribution is 2.17. The van der Waals surface area contributed by atoms with Gasteiger partial charge in [-0.05, 0) is 19.1 Å². The number of benzene rings is 1. The van der Waals surface area contributed by atoms with Crippen LogP contribution in [0.1, 0.15) is 21.1 Å². The zero-order chi connectivity index (χ0) is 11.4. The van der Waals surface area contributed by atoms with Crippen molar-refractivity contribution in [1.82, 2.24) is 4.98 Å². The highest BCUT2D eigenvalue weighted by Gasteiger charge is 2.03. The number of thiazole rings is 1. The van der Waals surface area contributed by atoms with Crippen LogP contribution in [-0.2, 0) is 6.61 Å². The molecule has 0 spiro atoms. The van der Waals surface area contributed by atoms with Crippen molar-refractivity contribution in [3.8, 4) is 5.75 Å². The first-order valence-corrected chi connectivity index (χ1v) is 5.75. The van der Waals surface area contributed by atoms with Gasteiger partial charge in [0.25, 0.3) is 0 Å². The van der Waals surface area contributed by atoms with Gasteiger partial charge >= 0.3 is 0 Å². The molecule has 1 aromatic heterocycles. The molecule has 2 aromatic rings. The van der Waals surface area contributed by atoms with E-state index in [0.717, 1.165) is 17.0 Å². The molecule has 4 heteroatoms. The van der Waals surface area contributed by atoms with E-state index in [4.69, 9.17) is 4.74 Å². The van der Waals surface area contributed by atoms with Gasteiger partial charge < -0.3 is 4.74 Å². The van der Waals surface area contributed by atoms with Gasteiger partial charge in [-0.1, -0.05) is 12.1 Å². The number of aromatic nitrogens is 1. The van der Waals surface area contributed by atoms with Crippen molar-refractivity contribution in [2.75, 3.05) is 0 Å². The van der Waals surface area contributed by atoms with E-state index >= 15 is 0 Å². The van der Waals surface area contributed by atoms with Gasteiger partial charge in [0.05, 0.1) is 16.3 Å². The Labute approximate surface area is 97.7 Å². The number of hydrogen-bond acceptors (Lipinski definition) is 4. The molecule has 0 saturated heterocycles. The third-order valence-electron chi connectivity index (χ3n) is 2.09. The lowest BCUT2D eigenvalue weighted by Gasteiger charge is -2.05. The summed E-state index contributed by atoms with van der Waals surface area (Å²) in [5, 5.41) is 2.97. The van der Waals surface area contributed by atoms with Crippen molar-refractivity contribution < 1.29 is 9.53 Å². The third kappa shape index (κ3) is 2.46. The molecule has 2 rings (SSSR count). The van der Waals surface area contributed by atoms with Gasteiger partial charge in [-0.3, -0.25) is 4.79 Å². The van der Waals surface area contributed by atoms with Gasteiger partial charge in [0, 0.05) is 5.38 Å². The number of aryl methyl sites for hydroxylation is 1. The molecule has 1 aromatic carbocycles. The number of nitrogens with zero attached hydrogens (tertiary/aromatic N) is 1. The molecule has 82 valence electrons. The van der Waals surface area contributed by atoms with E-state index in [2.05, 4.69) is 4.98 Å². The Balaban J connectivity index is 2.07. The molecule has 0 amide bonds. The van der Waals surface area contributed by atoms with Crippen LogP contribution in [0.25, 0.3) is 0 Å². The summed E-state index contributed by atoms with van der Waals surface area (Å²) in [6, 6.07) is 7.16. The first-order valence-electron chi connectivity index (χ1n) is 4.87. The Hall–Kier alpha value is -1.68. The SMILES string of the molecule is Cc1nc(COc2ccccc2C=O)cs1. The van der Waals surface area contributed by atoms with Crippen LogP contribution in [0, 0.1) is 6.92 Å². The van der Waals surface area contributed by atoms with Crippen LogP contribution in [0.15, 0.2) is 29.6 Å². The lowest BCUT2D eigenvalue weighted by Crippen LogP contribution is -1.98. The number of carbonyl (C=O) groups is 1. The van der Waals surface area contributed by atoms with Crippen LogP contribution in [0.3, 0.4) is 0 Å². The average Bonchev–Trinajstić information content (AvgIpc) is 2.73. The summed E-state index contributed by atoms with van der Waals surface area (Å²) in [5.41, 5.74) is 1.46. The number of rotatable bonds is 4. The van der Waals surface area contributed by atoms with Crippen molar-refractivity contribution in [3.05, 3.63) is 45.9 Å².